The molecule has 2 aromatic carbocycles. The monoisotopic (exact) mass is 374 g/mol. The van der Waals surface area contributed by atoms with Crippen molar-refractivity contribution in [1.29, 1.82) is 0 Å². The van der Waals surface area contributed by atoms with E-state index >= 15 is 0 Å². The van der Waals surface area contributed by atoms with E-state index in [1.165, 1.54) is 0 Å². The number of nitrogens with zero attached hydrogens (tertiary/aromatic N) is 1. The minimum atomic E-state index is -0.208. The molecule has 1 fully saturated rings. The molecular formula is C22H22N4O2. The Balaban J connectivity index is 1.46. The summed E-state index contributed by atoms with van der Waals surface area (Å²) in [5, 5.41) is 9.49. The number of carbonyl (C=O) groups is 2. The van der Waals surface area contributed by atoms with Gasteiger partial charge in [-0.25, -0.2) is 4.79 Å². The minimum absolute atomic E-state index is 0.201. The molecule has 4 rings (SSSR count). The molecule has 0 radical (unpaired) electrons. The highest BCUT2D eigenvalue weighted by Crippen LogP contribution is 2.21. The van der Waals surface area contributed by atoms with Gasteiger partial charge >= 0.3 is 6.03 Å². The van der Waals surface area contributed by atoms with Crippen molar-refractivity contribution in [2.45, 2.75) is 32.7 Å². The second-order valence-corrected chi connectivity index (χ2v) is 7.22. The van der Waals surface area contributed by atoms with Gasteiger partial charge in [0, 0.05) is 22.8 Å². The number of urea groups is 1. The van der Waals surface area contributed by atoms with Crippen molar-refractivity contribution < 1.29 is 9.59 Å². The maximum Gasteiger partial charge on any atom is 0.319 e. The van der Waals surface area contributed by atoms with E-state index in [9.17, 15) is 9.59 Å². The van der Waals surface area contributed by atoms with Gasteiger partial charge in [-0.05, 0) is 69.2 Å². The third-order valence-corrected chi connectivity index (χ3v) is 4.72. The van der Waals surface area contributed by atoms with Crippen LogP contribution in [0.1, 0.15) is 34.5 Å². The van der Waals surface area contributed by atoms with Gasteiger partial charge < -0.3 is 16.0 Å². The molecule has 1 aliphatic carbocycles. The van der Waals surface area contributed by atoms with E-state index in [-0.39, 0.29) is 11.9 Å². The first-order valence-electron chi connectivity index (χ1n) is 9.35. The Kier molecular flexibility index (Phi) is 4.69. The van der Waals surface area contributed by atoms with Crippen molar-refractivity contribution in [3.05, 3.63) is 65.4 Å². The number of rotatable bonds is 4. The van der Waals surface area contributed by atoms with Gasteiger partial charge in [0.05, 0.1) is 16.8 Å². The van der Waals surface area contributed by atoms with Gasteiger partial charge in [0.15, 0.2) is 0 Å². The lowest BCUT2D eigenvalue weighted by atomic mass is 10.1. The summed E-state index contributed by atoms with van der Waals surface area (Å²) < 4.78 is 0. The summed E-state index contributed by atoms with van der Waals surface area (Å²) in [4.78, 5) is 29.0. The van der Waals surface area contributed by atoms with Crippen LogP contribution >= 0.6 is 0 Å². The number of amides is 3. The van der Waals surface area contributed by atoms with Crippen LogP contribution < -0.4 is 16.0 Å². The third kappa shape index (κ3) is 4.11. The predicted molar refractivity (Wildman–Crippen MR) is 111 cm³/mol. The molecule has 0 atom stereocenters. The van der Waals surface area contributed by atoms with Crippen LogP contribution in [0.15, 0.2) is 48.5 Å². The molecule has 0 aliphatic heterocycles. The largest absolute Gasteiger partial charge is 0.335 e. The van der Waals surface area contributed by atoms with E-state index in [4.69, 9.17) is 0 Å². The first-order chi connectivity index (χ1) is 13.5. The Morgan fingerprint density at radius 1 is 0.929 bits per heavy atom. The molecule has 1 aromatic heterocycles. The van der Waals surface area contributed by atoms with E-state index in [0.29, 0.717) is 28.7 Å². The van der Waals surface area contributed by atoms with E-state index < -0.39 is 0 Å². The summed E-state index contributed by atoms with van der Waals surface area (Å²) in [5.41, 5.74) is 4.56. The number of anilines is 2. The second kappa shape index (κ2) is 7.31. The molecular weight excluding hydrogens is 352 g/mol. The summed E-state index contributed by atoms with van der Waals surface area (Å²) in [7, 11) is 0. The van der Waals surface area contributed by atoms with Gasteiger partial charge in [0.25, 0.3) is 5.91 Å². The van der Waals surface area contributed by atoms with E-state index in [1.807, 2.05) is 38.1 Å². The van der Waals surface area contributed by atoms with Crippen molar-refractivity contribution in [1.82, 2.24) is 10.3 Å². The van der Waals surface area contributed by atoms with Gasteiger partial charge in [-0.15, -0.1) is 0 Å². The fraction of sp³-hybridized carbons (Fsp3) is 0.227. The van der Waals surface area contributed by atoms with Crippen molar-refractivity contribution in [2.75, 3.05) is 10.6 Å². The Labute approximate surface area is 163 Å². The maximum absolute atomic E-state index is 12.7. The third-order valence-electron chi connectivity index (χ3n) is 4.72. The quantitative estimate of drug-likeness (QED) is 0.633. The molecule has 0 unspecified atom stereocenters. The second-order valence-electron chi connectivity index (χ2n) is 7.22. The van der Waals surface area contributed by atoms with Crippen LogP contribution in [0.5, 0.6) is 0 Å². The molecule has 6 heteroatoms. The van der Waals surface area contributed by atoms with Crippen LogP contribution in [-0.2, 0) is 0 Å². The molecule has 3 amide bonds. The number of aromatic nitrogens is 1. The molecule has 28 heavy (non-hydrogen) atoms. The van der Waals surface area contributed by atoms with E-state index in [0.717, 1.165) is 29.3 Å². The van der Waals surface area contributed by atoms with Crippen LogP contribution in [-0.4, -0.2) is 23.0 Å². The summed E-state index contributed by atoms with van der Waals surface area (Å²) in [5.74, 6) is -0.208. The van der Waals surface area contributed by atoms with Gasteiger partial charge in [-0.1, -0.05) is 11.6 Å². The van der Waals surface area contributed by atoms with Gasteiger partial charge in [0.2, 0.25) is 0 Å². The lowest BCUT2D eigenvalue weighted by Crippen LogP contribution is -2.30. The number of benzene rings is 2. The fourth-order valence-electron chi connectivity index (χ4n) is 3.04. The predicted octanol–water partition coefficient (Wildman–Crippen LogP) is 4.39. The Morgan fingerprint density at radius 2 is 1.61 bits per heavy atom. The van der Waals surface area contributed by atoms with Gasteiger partial charge in [-0.3, -0.25) is 9.78 Å². The molecule has 0 spiro atoms. The van der Waals surface area contributed by atoms with Gasteiger partial charge in [-0.2, -0.15) is 0 Å². The highest BCUT2D eigenvalue weighted by Gasteiger charge is 2.23. The molecule has 142 valence electrons. The Hall–Kier alpha value is -3.41. The summed E-state index contributed by atoms with van der Waals surface area (Å²) >= 11 is 0. The standard InChI is InChI=1S/C22H22N4O2/c1-13-3-10-20-15(11-13)12-19(14(2)23-20)21(27)24-16-4-6-17(7-5-16)25-22(28)26-18-8-9-18/h3-7,10-12,18H,8-9H2,1-2H3,(H,24,27)(H2,25,26,28). The number of hydrogen-bond donors (Lipinski definition) is 3. The van der Waals surface area contributed by atoms with Crippen LogP contribution in [0.3, 0.4) is 0 Å². The fourth-order valence-corrected chi connectivity index (χ4v) is 3.04. The zero-order valence-corrected chi connectivity index (χ0v) is 15.9. The average molecular weight is 374 g/mol. The molecule has 1 saturated carbocycles. The summed E-state index contributed by atoms with van der Waals surface area (Å²) in [6.07, 6.45) is 2.09. The molecule has 6 nitrogen and oxygen atoms in total. The highest BCUT2D eigenvalue weighted by atomic mass is 16.2. The SMILES string of the molecule is Cc1ccc2nc(C)c(C(=O)Nc3ccc(NC(=O)NC4CC4)cc3)cc2c1. The Bertz CT molecular complexity index is 1060. The number of fused-ring (bicyclic) bond motifs is 1. The molecule has 0 saturated heterocycles. The van der Waals surface area contributed by atoms with Crippen molar-refractivity contribution in [3.63, 3.8) is 0 Å². The molecule has 3 N–H and O–H groups in total. The highest BCUT2D eigenvalue weighted by molar-refractivity contribution is 6.07. The van der Waals surface area contributed by atoms with E-state index in [1.54, 1.807) is 24.3 Å². The van der Waals surface area contributed by atoms with Crippen LogP contribution in [0, 0.1) is 13.8 Å². The number of nitrogens with one attached hydrogen (secondary N) is 3. The van der Waals surface area contributed by atoms with Crippen LogP contribution in [0.4, 0.5) is 16.2 Å². The maximum atomic E-state index is 12.7. The normalized spacial score (nSPS) is 13.2. The Morgan fingerprint density at radius 3 is 2.29 bits per heavy atom. The van der Waals surface area contributed by atoms with Crippen molar-refractivity contribution >= 4 is 34.2 Å². The first kappa shape index (κ1) is 18.0. The van der Waals surface area contributed by atoms with Crippen LogP contribution in [0.25, 0.3) is 10.9 Å². The van der Waals surface area contributed by atoms with Gasteiger partial charge in [0.1, 0.15) is 0 Å². The summed E-state index contributed by atoms with van der Waals surface area (Å²) in [6, 6.07) is 15.0. The molecule has 3 aromatic rings. The number of hydrogen-bond acceptors (Lipinski definition) is 3. The first-order valence-corrected chi connectivity index (χ1v) is 9.35. The zero-order chi connectivity index (χ0) is 19.7. The smallest absolute Gasteiger partial charge is 0.319 e. The van der Waals surface area contributed by atoms with Crippen molar-refractivity contribution in [2.24, 2.45) is 0 Å². The van der Waals surface area contributed by atoms with E-state index in [2.05, 4.69) is 20.9 Å². The number of carbonyl (C=O) groups excluding carboxylic acids is 2. The van der Waals surface area contributed by atoms with Crippen LogP contribution in [0.2, 0.25) is 0 Å². The number of aryl methyl sites for hydroxylation is 2. The minimum Gasteiger partial charge on any atom is -0.335 e. The topological polar surface area (TPSA) is 83.1 Å². The molecule has 1 heterocycles. The lowest BCUT2D eigenvalue weighted by Gasteiger charge is -2.10. The summed E-state index contributed by atoms with van der Waals surface area (Å²) in [6.45, 7) is 3.85. The average Bonchev–Trinajstić information content (AvgIpc) is 3.47. The molecule has 0 bridgehead atoms. The lowest BCUT2D eigenvalue weighted by molar-refractivity contribution is 0.102. The molecule has 1 aliphatic rings. The zero-order valence-electron chi connectivity index (χ0n) is 15.9. The number of pyridine rings is 1. The van der Waals surface area contributed by atoms with Crippen molar-refractivity contribution in [3.8, 4) is 0 Å².